The van der Waals surface area contributed by atoms with Crippen molar-refractivity contribution in [2.75, 3.05) is 0 Å². The lowest BCUT2D eigenvalue weighted by molar-refractivity contribution is -0.144. The van der Waals surface area contributed by atoms with Crippen LogP contribution in [0.5, 0.6) is 0 Å². The first-order valence-electron chi connectivity index (χ1n) is 4.49. The largest absolute Gasteiger partial charge is 0.450 e. The van der Waals surface area contributed by atoms with Gasteiger partial charge in [-0.1, -0.05) is 35.3 Å². The van der Waals surface area contributed by atoms with Gasteiger partial charge in [-0.3, -0.25) is 3.97 Å². The van der Waals surface area contributed by atoms with Crippen molar-refractivity contribution in [3.8, 4) is 0 Å². The highest BCUT2D eigenvalue weighted by atomic mass is 35.5. The molecule has 2 nitrogen and oxygen atoms in total. The van der Waals surface area contributed by atoms with Crippen LogP contribution in [0.25, 0.3) is 11.0 Å². The Balaban J connectivity index is 2.66. The Labute approximate surface area is 113 Å². The molecule has 0 radical (unpaired) electrons. The van der Waals surface area contributed by atoms with Crippen molar-refractivity contribution in [2.24, 2.45) is 0 Å². The van der Waals surface area contributed by atoms with Crippen molar-refractivity contribution in [3.63, 3.8) is 0 Å². The van der Waals surface area contributed by atoms with Crippen LogP contribution >= 0.6 is 35.1 Å². The molecule has 1 aromatic carbocycles. The molecule has 18 heavy (non-hydrogen) atoms. The molecule has 0 aliphatic carbocycles. The van der Waals surface area contributed by atoms with Gasteiger partial charge in [-0.05, 0) is 12.1 Å². The molecule has 0 spiro atoms. The van der Waals surface area contributed by atoms with Gasteiger partial charge in [-0.15, -0.1) is 0 Å². The number of rotatable bonds is 2. The summed E-state index contributed by atoms with van der Waals surface area (Å²) in [5, 5.41) is 0. The number of fused-ring (bicyclic) bond motifs is 1. The Morgan fingerprint density at radius 1 is 1.11 bits per heavy atom. The number of nitrogens with zero attached hydrogens (tertiary/aromatic N) is 2. The van der Waals surface area contributed by atoms with Gasteiger partial charge in [0.15, 0.2) is 0 Å². The van der Waals surface area contributed by atoms with Gasteiger partial charge in [-0.25, -0.2) is 4.98 Å². The molecule has 0 aliphatic heterocycles. The van der Waals surface area contributed by atoms with Gasteiger partial charge in [0.1, 0.15) is 0 Å². The van der Waals surface area contributed by atoms with Crippen LogP contribution < -0.4 is 0 Å². The van der Waals surface area contributed by atoms with Gasteiger partial charge < -0.3 is 0 Å². The molecule has 1 aromatic heterocycles. The number of para-hydroxylation sites is 2. The molecule has 0 N–H and O–H groups in total. The zero-order chi connectivity index (χ0) is 13.6. The first-order valence-corrected chi connectivity index (χ1v) is 6.02. The lowest BCUT2D eigenvalue weighted by Crippen LogP contribution is -2.14. The molecule has 0 saturated carbocycles. The van der Waals surface area contributed by atoms with E-state index in [0.29, 0.717) is 3.97 Å². The summed E-state index contributed by atoms with van der Waals surface area (Å²) in [4.78, 5) is 3.40. The van der Waals surface area contributed by atoms with Gasteiger partial charge >= 0.3 is 10.1 Å². The number of halogens is 6. The fraction of sp³-hybridized carbons (Fsp3) is 0.222. The first kappa shape index (κ1) is 13.8. The van der Waals surface area contributed by atoms with E-state index >= 15 is 0 Å². The van der Waals surface area contributed by atoms with Crippen molar-refractivity contribution in [2.45, 2.75) is 10.1 Å². The maximum atomic E-state index is 13.1. The van der Waals surface area contributed by atoms with E-state index in [2.05, 4.69) is 4.98 Å². The maximum absolute atomic E-state index is 13.1. The molecular weight excluding hydrogens is 315 g/mol. The number of alkyl halides is 6. The Bertz CT molecular complexity index is 576. The highest BCUT2D eigenvalue weighted by Gasteiger charge is 2.40. The van der Waals surface area contributed by atoms with Crippen molar-refractivity contribution in [3.05, 3.63) is 30.1 Å². The molecule has 0 amide bonds. The summed E-state index contributed by atoms with van der Waals surface area (Å²) in [7, 11) is 0. The van der Waals surface area contributed by atoms with Crippen molar-refractivity contribution in [1.82, 2.24) is 8.96 Å². The lowest BCUT2D eigenvalue weighted by Gasteiger charge is -2.13. The van der Waals surface area contributed by atoms with Gasteiger partial charge in [0.05, 0.1) is 11.0 Å². The number of benzene rings is 1. The Morgan fingerprint density at radius 3 is 2.28 bits per heavy atom. The summed E-state index contributed by atoms with van der Waals surface area (Å²) < 4.78 is 49.0. The molecule has 0 bridgehead atoms. The van der Waals surface area contributed by atoms with Crippen LogP contribution in [0.2, 0.25) is 0 Å². The Hall–Kier alpha value is -0.660. The molecule has 1 heterocycles. The molecule has 0 aliphatic rings. The van der Waals surface area contributed by atoms with E-state index in [1.54, 1.807) is 0 Å². The molecule has 98 valence electrons. The molecule has 2 rings (SSSR count). The third-order valence-electron chi connectivity index (χ3n) is 1.97. The minimum absolute atomic E-state index is 0.0112. The van der Waals surface area contributed by atoms with Gasteiger partial charge in [0.25, 0.3) is 0 Å². The molecule has 0 saturated heterocycles. The monoisotopic (exact) mass is 318 g/mol. The number of hydrogen-bond donors (Lipinski definition) is 0. The van der Waals surface area contributed by atoms with E-state index in [4.69, 9.17) is 23.2 Å². The second-order valence-corrected chi connectivity index (χ2v) is 6.05. The average Bonchev–Trinajstić information content (AvgIpc) is 2.55. The van der Waals surface area contributed by atoms with Crippen molar-refractivity contribution in [1.29, 1.82) is 0 Å². The zero-order valence-corrected chi connectivity index (χ0v) is 10.7. The van der Waals surface area contributed by atoms with Gasteiger partial charge in [0.2, 0.25) is 5.82 Å². The Morgan fingerprint density at radius 2 is 1.72 bits per heavy atom. The average molecular weight is 319 g/mol. The number of imidazole rings is 1. The van der Waals surface area contributed by atoms with Crippen LogP contribution in [0.3, 0.4) is 0 Å². The molecular formula is C9H4Cl2F4N2S. The van der Waals surface area contributed by atoms with E-state index in [1.165, 1.54) is 24.3 Å². The highest BCUT2D eigenvalue weighted by molar-refractivity contribution is 8.01. The van der Waals surface area contributed by atoms with Gasteiger partial charge in [0, 0.05) is 11.9 Å². The van der Waals surface area contributed by atoms with Crippen LogP contribution in [0.15, 0.2) is 24.3 Å². The third kappa shape index (κ3) is 2.84. The van der Waals surface area contributed by atoms with Gasteiger partial charge in [-0.2, -0.15) is 17.6 Å². The summed E-state index contributed by atoms with van der Waals surface area (Å²) in [6.45, 7) is 0. The minimum atomic E-state index is -4.73. The zero-order valence-electron chi connectivity index (χ0n) is 8.38. The van der Waals surface area contributed by atoms with Crippen LogP contribution in [0, 0.1) is 0 Å². The van der Waals surface area contributed by atoms with E-state index in [1.807, 2.05) is 0 Å². The first-order chi connectivity index (χ1) is 8.18. The number of hydrogen-bond acceptors (Lipinski definition) is 2. The van der Waals surface area contributed by atoms with E-state index in [0.717, 1.165) is 0 Å². The molecule has 9 heteroatoms. The quantitative estimate of drug-likeness (QED) is 0.594. The second kappa shape index (κ2) is 4.47. The van der Waals surface area contributed by atoms with E-state index < -0.39 is 15.9 Å². The topological polar surface area (TPSA) is 17.8 Å². The SMILES string of the molecule is FC(Cl)(Cl)Sn1c(C(F)(F)F)nc2ccccc21. The fourth-order valence-electron chi connectivity index (χ4n) is 1.38. The summed E-state index contributed by atoms with van der Waals surface area (Å²) in [5.41, 5.74) is 0.160. The molecule has 0 fully saturated rings. The predicted molar refractivity (Wildman–Crippen MR) is 63.3 cm³/mol. The van der Waals surface area contributed by atoms with Crippen LogP contribution in [-0.2, 0) is 6.18 Å². The maximum Gasteiger partial charge on any atom is 0.450 e. The van der Waals surface area contributed by atoms with Crippen LogP contribution in [0.1, 0.15) is 5.82 Å². The van der Waals surface area contributed by atoms with Crippen LogP contribution in [-0.4, -0.2) is 12.9 Å². The lowest BCUT2D eigenvalue weighted by atomic mass is 10.3. The third-order valence-corrected chi connectivity index (χ3v) is 3.14. The smallest absolute Gasteiger partial charge is 0.257 e. The predicted octanol–water partition coefficient (Wildman–Crippen LogP) is 4.61. The van der Waals surface area contributed by atoms with Crippen molar-refractivity contribution < 1.29 is 17.6 Å². The van der Waals surface area contributed by atoms with Crippen LogP contribution in [0.4, 0.5) is 17.6 Å². The molecule has 0 unspecified atom stereocenters. The van der Waals surface area contributed by atoms with E-state index in [-0.39, 0.29) is 23.0 Å². The normalized spacial score (nSPS) is 13.2. The highest BCUT2D eigenvalue weighted by Crippen LogP contribution is 2.42. The fourth-order valence-corrected chi connectivity index (χ4v) is 2.48. The summed E-state index contributed by atoms with van der Waals surface area (Å²) in [6.07, 6.45) is -4.73. The second-order valence-electron chi connectivity index (χ2n) is 3.25. The molecule has 2 aromatic rings. The summed E-state index contributed by atoms with van der Waals surface area (Å²) >= 11 is 10.2. The van der Waals surface area contributed by atoms with E-state index in [9.17, 15) is 17.6 Å². The Kier molecular flexibility index (Phi) is 3.42. The van der Waals surface area contributed by atoms with Crippen molar-refractivity contribution >= 4 is 46.2 Å². The summed E-state index contributed by atoms with van der Waals surface area (Å²) in [6, 6.07) is 5.77. The molecule has 0 atom stereocenters. The summed E-state index contributed by atoms with van der Waals surface area (Å²) in [5.74, 6) is -1.27. The number of aromatic nitrogens is 2. The minimum Gasteiger partial charge on any atom is -0.257 e. The standard InChI is InChI=1S/C9H4Cl2F4N2S/c10-9(11,15)18-17-6-4-2-1-3-5(6)16-7(17)8(12,13)14/h1-4H.